The topological polar surface area (TPSA) is 74.3 Å². The van der Waals surface area contributed by atoms with E-state index in [0.29, 0.717) is 5.69 Å². The van der Waals surface area contributed by atoms with Crippen molar-refractivity contribution in [1.29, 1.82) is 0 Å². The van der Waals surface area contributed by atoms with E-state index in [1.165, 1.54) is 0 Å². The van der Waals surface area contributed by atoms with Crippen molar-refractivity contribution in [1.82, 2.24) is 15.2 Å². The lowest BCUT2D eigenvalue weighted by molar-refractivity contribution is -0.133. The number of amides is 3. The maximum absolute atomic E-state index is 12.5. The molecule has 2 unspecified atom stereocenters. The van der Waals surface area contributed by atoms with E-state index >= 15 is 0 Å². The summed E-state index contributed by atoms with van der Waals surface area (Å²) in [6.45, 7) is 3.56. The molecular formula is C18H22N4O2. The Hall–Kier alpha value is -2.89. The minimum Gasteiger partial charge on any atom is -0.336 e. The van der Waals surface area contributed by atoms with E-state index in [1.54, 1.807) is 37.2 Å². The van der Waals surface area contributed by atoms with Crippen molar-refractivity contribution in [2.75, 3.05) is 12.4 Å². The average molecular weight is 326 g/mol. The van der Waals surface area contributed by atoms with Crippen LogP contribution in [0.5, 0.6) is 0 Å². The molecule has 1 heterocycles. The van der Waals surface area contributed by atoms with Crippen LogP contribution < -0.4 is 10.6 Å². The minimum absolute atomic E-state index is 0.180. The van der Waals surface area contributed by atoms with Crippen LogP contribution in [0.25, 0.3) is 0 Å². The van der Waals surface area contributed by atoms with E-state index in [2.05, 4.69) is 15.6 Å². The van der Waals surface area contributed by atoms with E-state index < -0.39 is 12.1 Å². The molecular weight excluding hydrogens is 304 g/mol. The van der Waals surface area contributed by atoms with Crippen LogP contribution in [0, 0.1) is 0 Å². The molecule has 0 radical (unpaired) electrons. The lowest BCUT2D eigenvalue weighted by Gasteiger charge is -2.27. The summed E-state index contributed by atoms with van der Waals surface area (Å²) in [6, 6.07) is 13.4. The molecule has 1 aromatic heterocycles. The van der Waals surface area contributed by atoms with Gasteiger partial charge in [-0.05, 0) is 38.1 Å². The second-order valence-corrected chi connectivity index (χ2v) is 5.57. The molecule has 0 aliphatic rings. The van der Waals surface area contributed by atoms with Crippen LogP contribution in [0.15, 0.2) is 54.7 Å². The third-order valence-electron chi connectivity index (χ3n) is 3.79. The maximum atomic E-state index is 12.5. The van der Waals surface area contributed by atoms with Crippen LogP contribution in [-0.2, 0) is 4.79 Å². The molecule has 0 aliphatic carbocycles. The molecule has 0 aliphatic heterocycles. The third kappa shape index (κ3) is 4.55. The lowest BCUT2D eigenvalue weighted by atomic mass is 10.1. The first-order valence-electron chi connectivity index (χ1n) is 7.79. The number of rotatable bonds is 5. The van der Waals surface area contributed by atoms with Gasteiger partial charge in [-0.1, -0.05) is 24.3 Å². The van der Waals surface area contributed by atoms with E-state index in [0.717, 1.165) is 5.69 Å². The van der Waals surface area contributed by atoms with Gasteiger partial charge in [0.05, 0.1) is 11.7 Å². The van der Waals surface area contributed by atoms with Gasteiger partial charge in [-0.2, -0.15) is 0 Å². The van der Waals surface area contributed by atoms with Crippen LogP contribution in [0.4, 0.5) is 10.5 Å². The van der Waals surface area contributed by atoms with Crippen molar-refractivity contribution in [3.05, 3.63) is 60.4 Å². The number of nitrogens with zero attached hydrogens (tertiary/aromatic N) is 2. The number of para-hydroxylation sites is 1. The number of aromatic nitrogens is 1. The van der Waals surface area contributed by atoms with Gasteiger partial charge in [-0.3, -0.25) is 9.78 Å². The highest BCUT2D eigenvalue weighted by Crippen LogP contribution is 2.16. The molecule has 2 N–H and O–H groups in total. The summed E-state index contributed by atoms with van der Waals surface area (Å²) in [4.78, 5) is 30.3. The molecule has 24 heavy (non-hydrogen) atoms. The van der Waals surface area contributed by atoms with Gasteiger partial charge >= 0.3 is 6.03 Å². The number of nitrogens with one attached hydrogen (secondary N) is 2. The van der Waals surface area contributed by atoms with Gasteiger partial charge < -0.3 is 15.5 Å². The maximum Gasteiger partial charge on any atom is 0.319 e. The predicted molar refractivity (Wildman–Crippen MR) is 93.5 cm³/mol. The van der Waals surface area contributed by atoms with E-state index in [-0.39, 0.29) is 11.9 Å². The summed E-state index contributed by atoms with van der Waals surface area (Å²) in [5, 5.41) is 5.35. The number of likely N-dealkylation sites (N-methyl/N-ethyl adjacent to an activating group) is 1. The molecule has 6 heteroatoms. The predicted octanol–water partition coefficient (Wildman–Crippen LogP) is 2.81. The molecule has 1 aromatic carbocycles. The lowest BCUT2D eigenvalue weighted by Crippen LogP contribution is -2.47. The number of carbonyl (C=O) groups is 2. The summed E-state index contributed by atoms with van der Waals surface area (Å²) in [5.74, 6) is -0.184. The Morgan fingerprint density at radius 2 is 1.71 bits per heavy atom. The second kappa shape index (κ2) is 8.10. The third-order valence-corrected chi connectivity index (χ3v) is 3.79. The molecule has 2 atom stereocenters. The average Bonchev–Trinajstić information content (AvgIpc) is 2.61. The van der Waals surface area contributed by atoms with Crippen LogP contribution in [0.1, 0.15) is 25.6 Å². The fourth-order valence-corrected chi connectivity index (χ4v) is 2.26. The number of hydrogen-bond acceptors (Lipinski definition) is 3. The van der Waals surface area contributed by atoms with Gasteiger partial charge in [0.2, 0.25) is 5.91 Å². The Balaban J connectivity index is 1.92. The minimum atomic E-state index is -0.648. The Morgan fingerprint density at radius 1 is 1.04 bits per heavy atom. The summed E-state index contributed by atoms with van der Waals surface area (Å²) < 4.78 is 0. The van der Waals surface area contributed by atoms with Gasteiger partial charge in [0, 0.05) is 18.9 Å². The highest BCUT2D eigenvalue weighted by Gasteiger charge is 2.24. The van der Waals surface area contributed by atoms with Crippen molar-refractivity contribution in [3.8, 4) is 0 Å². The fourth-order valence-electron chi connectivity index (χ4n) is 2.26. The van der Waals surface area contributed by atoms with Gasteiger partial charge in [-0.25, -0.2) is 4.79 Å². The Labute approximate surface area is 141 Å². The molecule has 2 rings (SSSR count). The summed E-state index contributed by atoms with van der Waals surface area (Å²) in [5.41, 5.74) is 1.47. The number of carbonyl (C=O) groups excluding carboxylic acids is 2. The van der Waals surface area contributed by atoms with Crippen molar-refractivity contribution in [2.24, 2.45) is 0 Å². The van der Waals surface area contributed by atoms with Crippen molar-refractivity contribution in [3.63, 3.8) is 0 Å². The molecule has 3 amide bonds. The molecule has 0 saturated carbocycles. The van der Waals surface area contributed by atoms with Crippen LogP contribution >= 0.6 is 0 Å². The number of anilines is 1. The number of benzene rings is 1. The van der Waals surface area contributed by atoms with Crippen molar-refractivity contribution >= 4 is 17.6 Å². The summed E-state index contributed by atoms with van der Waals surface area (Å²) in [7, 11) is 1.70. The van der Waals surface area contributed by atoms with E-state index in [1.807, 2.05) is 43.3 Å². The van der Waals surface area contributed by atoms with Gasteiger partial charge in [0.25, 0.3) is 0 Å². The molecule has 6 nitrogen and oxygen atoms in total. The van der Waals surface area contributed by atoms with Gasteiger partial charge in [0.1, 0.15) is 6.04 Å². The molecule has 2 aromatic rings. The fraction of sp³-hybridized carbons (Fsp3) is 0.278. The zero-order valence-electron chi connectivity index (χ0n) is 14.1. The van der Waals surface area contributed by atoms with Gasteiger partial charge in [0.15, 0.2) is 0 Å². The quantitative estimate of drug-likeness (QED) is 0.887. The monoisotopic (exact) mass is 326 g/mol. The SMILES string of the molecule is CC(NC(=O)Nc1ccccc1)C(=O)N(C)C(C)c1ccccn1. The molecule has 0 spiro atoms. The largest absolute Gasteiger partial charge is 0.336 e. The van der Waals surface area contributed by atoms with Gasteiger partial charge in [-0.15, -0.1) is 0 Å². The number of urea groups is 1. The first-order valence-corrected chi connectivity index (χ1v) is 7.79. The van der Waals surface area contributed by atoms with Crippen LogP contribution in [0.3, 0.4) is 0 Å². The van der Waals surface area contributed by atoms with Crippen molar-refractivity contribution in [2.45, 2.75) is 25.9 Å². The molecule has 0 fully saturated rings. The molecule has 126 valence electrons. The van der Waals surface area contributed by atoms with E-state index in [4.69, 9.17) is 0 Å². The number of hydrogen-bond donors (Lipinski definition) is 2. The first kappa shape index (κ1) is 17.5. The normalized spacial score (nSPS) is 12.8. The van der Waals surface area contributed by atoms with Crippen molar-refractivity contribution < 1.29 is 9.59 Å². The first-order chi connectivity index (χ1) is 11.5. The summed E-state index contributed by atoms with van der Waals surface area (Å²) >= 11 is 0. The Bertz CT molecular complexity index is 676. The molecule has 0 bridgehead atoms. The highest BCUT2D eigenvalue weighted by atomic mass is 16.2. The van der Waals surface area contributed by atoms with E-state index in [9.17, 15) is 9.59 Å². The smallest absolute Gasteiger partial charge is 0.319 e. The Morgan fingerprint density at radius 3 is 2.33 bits per heavy atom. The Kier molecular flexibility index (Phi) is 5.89. The van der Waals surface area contributed by atoms with Crippen LogP contribution in [0.2, 0.25) is 0 Å². The second-order valence-electron chi connectivity index (χ2n) is 5.57. The zero-order valence-corrected chi connectivity index (χ0v) is 14.1. The number of pyridine rings is 1. The highest BCUT2D eigenvalue weighted by molar-refractivity contribution is 5.93. The standard InChI is InChI=1S/C18H22N4O2/c1-13(20-18(24)21-15-9-5-4-6-10-15)17(23)22(3)14(2)16-11-7-8-12-19-16/h4-14H,1-3H3,(H2,20,21,24). The summed E-state index contributed by atoms with van der Waals surface area (Å²) in [6.07, 6.45) is 1.69. The zero-order chi connectivity index (χ0) is 17.5. The van der Waals surface area contributed by atoms with Crippen LogP contribution in [-0.4, -0.2) is 34.9 Å². The molecule has 0 saturated heterocycles.